The maximum atomic E-state index is 12.5. The molecule has 0 aliphatic carbocycles. The van der Waals surface area contributed by atoms with Crippen molar-refractivity contribution in [3.8, 4) is 0 Å². The van der Waals surface area contributed by atoms with E-state index in [-0.39, 0.29) is 16.7 Å². The number of carbonyl (C=O) groups is 1. The zero-order valence-electron chi connectivity index (χ0n) is 16.4. The number of nitrogens with zero attached hydrogens (tertiary/aromatic N) is 3. The lowest BCUT2D eigenvalue weighted by Crippen LogP contribution is -2.24. The highest BCUT2D eigenvalue weighted by Crippen LogP contribution is 2.46. The maximum absolute atomic E-state index is 12.5. The highest BCUT2D eigenvalue weighted by molar-refractivity contribution is 6.04. The summed E-state index contributed by atoms with van der Waals surface area (Å²) in [6, 6.07) is 15.1. The number of nitrogens with one attached hydrogen (secondary N) is 2. The summed E-state index contributed by atoms with van der Waals surface area (Å²) in [6.45, 7) is 4.31. The fourth-order valence-electron chi connectivity index (χ4n) is 3.85. The van der Waals surface area contributed by atoms with E-state index in [2.05, 4.69) is 51.6 Å². The minimum Gasteiger partial charge on any atom is -0.347 e. The first-order valence-electron chi connectivity index (χ1n) is 9.26. The average Bonchev–Trinajstić information content (AvgIpc) is 2.92. The van der Waals surface area contributed by atoms with Gasteiger partial charge in [-0.2, -0.15) is 10.2 Å². The van der Waals surface area contributed by atoms with Crippen LogP contribution in [0.4, 0.5) is 5.69 Å². The number of anilines is 1. The van der Waals surface area contributed by atoms with Crippen LogP contribution in [-0.4, -0.2) is 29.4 Å². The molecule has 0 radical (unpaired) electrons. The Labute approximate surface area is 167 Å². The molecular formula is C22H21N5O2. The fraction of sp³-hybridized carbons (Fsp3) is 0.182. The fourth-order valence-corrected chi connectivity index (χ4v) is 3.85. The van der Waals surface area contributed by atoms with Crippen molar-refractivity contribution >= 4 is 28.6 Å². The molecule has 1 aliphatic heterocycles. The third kappa shape index (κ3) is 3.10. The van der Waals surface area contributed by atoms with Crippen molar-refractivity contribution in [2.75, 3.05) is 11.9 Å². The average molecular weight is 387 g/mol. The first-order valence-corrected chi connectivity index (χ1v) is 9.26. The molecule has 0 saturated heterocycles. The molecule has 2 aromatic carbocycles. The second-order valence-corrected chi connectivity index (χ2v) is 7.42. The first kappa shape index (κ1) is 18.6. The van der Waals surface area contributed by atoms with Crippen LogP contribution in [0.1, 0.15) is 29.9 Å². The quantitative estimate of drug-likeness (QED) is 0.534. The normalized spacial score (nSPS) is 16.5. The van der Waals surface area contributed by atoms with Gasteiger partial charge >= 0.3 is 0 Å². The maximum Gasteiger partial charge on any atom is 0.292 e. The van der Waals surface area contributed by atoms with Gasteiger partial charge in [-0.3, -0.25) is 9.59 Å². The molecule has 29 heavy (non-hydrogen) atoms. The molecule has 7 nitrogen and oxygen atoms in total. The van der Waals surface area contributed by atoms with Crippen LogP contribution in [0.3, 0.4) is 0 Å². The number of rotatable bonds is 3. The Morgan fingerprint density at radius 2 is 1.83 bits per heavy atom. The van der Waals surface area contributed by atoms with Crippen LogP contribution in [0.15, 0.2) is 70.2 Å². The number of amides is 1. The number of hydrogen-bond donors (Lipinski definition) is 2. The predicted molar refractivity (Wildman–Crippen MR) is 114 cm³/mol. The molecule has 0 atom stereocenters. The van der Waals surface area contributed by atoms with Gasteiger partial charge < -0.3 is 4.90 Å². The SMILES string of the molecule is CN1C(=CC=NNC(=O)c2n[nH]c(=O)c3ccccc23)C(C)(C)c2ccccc21. The summed E-state index contributed by atoms with van der Waals surface area (Å²) in [4.78, 5) is 26.5. The number of benzene rings is 2. The third-order valence-corrected chi connectivity index (χ3v) is 5.32. The summed E-state index contributed by atoms with van der Waals surface area (Å²) in [5.74, 6) is -0.491. The Hall–Kier alpha value is -3.74. The van der Waals surface area contributed by atoms with Gasteiger partial charge in [0.1, 0.15) is 0 Å². The van der Waals surface area contributed by atoms with Crippen molar-refractivity contribution in [2.24, 2.45) is 5.10 Å². The monoisotopic (exact) mass is 387 g/mol. The second-order valence-electron chi connectivity index (χ2n) is 7.42. The van der Waals surface area contributed by atoms with E-state index in [0.717, 1.165) is 11.4 Å². The number of para-hydroxylation sites is 1. The first-order chi connectivity index (χ1) is 13.9. The van der Waals surface area contributed by atoms with Gasteiger partial charge in [0.2, 0.25) is 0 Å². The minimum atomic E-state index is -0.491. The number of hydrazone groups is 1. The van der Waals surface area contributed by atoms with Crippen LogP contribution in [0.5, 0.6) is 0 Å². The Morgan fingerprint density at radius 3 is 2.59 bits per heavy atom. The molecule has 1 amide bonds. The molecule has 7 heteroatoms. The van der Waals surface area contributed by atoms with Gasteiger partial charge in [0, 0.05) is 35.4 Å². The molecule has 4 rings (SSSR count). The molecule has 1 aromatic heterocycles. The van der Waals surface area contributed by atoms with Crippen LogP contribution in [-0.2, 0) is 5.41 Å². The third-order valence-electron chi connectivity index (χ3n) is 5.32. The van der Waals surface area contributed by atoms with E-state index < -0.39 is 5.91 Å². The van der Waals surface area contributed by atoms with E-state index in [9.17, 15) is 9.59 Å². The Balaban J connectivity index is 1.56. The van der Waals surface area contributed by atoms with Crippen LogP contribution in [0, 0.1) is 0 Å². The number of likely N-dealkylation sites (N-methyl/N-ethyl adjacent to an activating group) is 1. The van der Waals surface area contributed by atoms with Crippen molar-refractivity contribution in [2.45, 2.75) is 19.3 Å². The summed E-state index contributed by atoms with van der Waals surface area (Å²) >= 11 is 0. The van der Waals surface area contributed by atoms with Crippen LogP contribution < -0.4 is 15.9 Å². The summed E-state index contributed by atoms with van der Waals surface area (Å²) in [5.41, 5.74) is 5.57. The lowest BCUT2D eigenvalue weighted by molar-refractivity contribution is 0.0951. The topological polar surface area (TPSA) is 90.4 Å². The molecule has 0 unspecified atom stereocenters. The van der Waals surface area contributed by atoms with Crippen molar-refractivity contribution < 1.29 is 4.79 Å². The molecule has 0 saturated carbocycles. The number of aromatic nitrogens is 2. The van der Waals surface area contributed by atoms with Gasteiger partial charge in [-0.1, -0.05) is 50.2 Å². The molecule has 2 heterocycles. The van der Waals surface area contributed by atoms with Crippen LogP contribution in [0.2, 0.25) is 0 Å². The van der Waals surface area contributed by atoms with Gasteiger partial charge in [0.25, 0.3) is 11.5 Å². The molecule has 2 N–H and O–H groups in total. The van der Waals surface area contributed by atoms with Gasteiger partial charge in [0.05, 0.1) is 5.39 Å². The van der Waals surface area contributed by atoms with Crippen LogP contribution in [0.25, 0.3) is 10.8 Å². The Morgan fingerprint density at radius 1 is 1.14 bits per heavy atom. The highest BCUT2D eigenvalue weighted by atomic mass is 16.2. The summed E-state index contributed by atoms with van der Waals surface area (Å²) in [6.07, 6.45) is 3.45. The molecule has 146 valence electrons. The van der Waals surface area contributed by atoms with E-state index in [1.54, 1.807) is 30.5 Å². The van der Waals surface area contributed by atoms with E-state index in [0.29, 0.717) is 10.8 Å². The largest absolute Gasteiger partial charge is 0.347 e. The van der Waals surface area contributed by atoms with Gasteiger partial charge in [-0.25, -0.2) is 10.5 Å². The van der Waals surface area contributed by atoms with Crippen LogP contribution >= 0.6 is 0 Å². The number of fused-ring (bicyclic) bond motifs is 2. The zero-order chi connectivity index (χ0) is 20.6. The minimum absolute atomic E-state index is 0.121. The molecule has 0 spiro atoms. The lowest BCUT2D eigenvalue weighted by Gasteiger charge is -2.23. The van der Waals surface area contributed by atoms with Gasteiger partial charge in [-0.15, -0.1) is 0 Å². The van der Waals surface area contributed by atoms with E-state index in [1.807, 2.05) is 25.3 Å². The second kappa shape index (κ2) is 7.01. The number of carbonyl (C=O) groups excluding carboxylic acids is 1. The molecule has 0 fully saturated rings. The van der Waals surface area contributed by atoms with E-state index in [4.69, 9.17) is 0 Å². The molecule has 3 aromatic rings. The Bertz CT molecular complexity index is 1220. The predicted octanol–water partition coefficient (Wildman–Crippen LogP) is 2.95. The van der Waals surface area contributed by atoms with Crippen molar-refractivity contribution in [3.05, 3.63) is 81.9 Å². The lowest BCUT2D eigenvalue weighted by atomic mass is 9.84. The summed E-state index contributed by atoms with van der Waals surface area (Å²) < 4.78 is 0. The molecule has 1 aliphatic rings. The smallest absolute Gasteiger partial charge is 0.292 e. The number of allylic oxidation sites excluding steroid dienone is 2. The Kier molecular flexibility index (Phi) is 4.50. The molecule has 0 bridgehead atoms. The van der Waals surface area contributed by atoms with E-state index >= 15 is 0 Å². The van der Waals surface area contributed by atoms with E-state index in [1.165, 1.54) is 5.56 Å². The zero-order valence-corrected chi connectivity index (χ0v) is 16.4. The molecular weight excluding hydrogens is 366 g/mol. The summed E-state index contributed by atoms with van der Waals surface area (Å²) in [7, 11) is 2.02. The highest BCUT2D eigenvalue weighted by Gasteiger charge is 2.37. The van der Waals surface area contributed by atoms with Crippen molar-refractivity contribution in [3.63, 3.8) is 0 Å². The van der Waals surface area contributed by atoms with Crippen molar-refractivity contribution in [1.82, 2.24) is 15.6 Å². The number of aromatic amines is 1. The number of H-pyrrole nitrogens is 1. The summed E-state index contributed by atoms with van der Waals surface area (Å²) in [5, 5.41) is 11.2. The number of hydrogen-bond acceptors (Lipinski definition) is 5. The van der Waals surface area contributed by atoms with Gasteiger partial charge in [-0.05, 0) is 23.8 Å². The standard InChI is InChI=1S/C22H21N5O2/c1-22(2)16-10-6-7-11-17(16)27(3)18(22)12-13-23-25-21(29)19-14-8-4-5-9-15(14)20(28)26-24-19/h4-13H,1-3H3,(H,25,29)(H,26,28). The van der Waals surface area contributed by atoms with Crippen molar-refractivity contribution in [1.29, 1.82) is 0 Å². The van der Waals surface area contributed by atoms with Gasteiger partial charge in [0.15, 0.2) is 5.69 Å².